The molecule has 1 heterocycles. The number of hydrogen-bond donors (Lipinski definition) is 3. The van der Waals surface area contributed by atoms with Gasteiger partial charge in [-0.1, -0.05) is 0 Å². The summed E-state index contributed by atoms with van der Waals surface area (Å²) >= 11 is 0. The molecular weight excluding hydrogens is 222 g/mol. The van der Waals surface area contributed by atoms with E-state index in [-0.39, 0.29) is 18.1 Å². The van der Waals surface area contributed by atoms with Crippen LogP contribution in [0.2, 0.25) is 0 Å². The number of nitrogens with one attached hydrogen (secondary N) is 1. The SMILES string of the molecule is COc1nc(N)nc(NCC2CCC(O)C2)n1. The van der Waals surface area contributed by atoms with Crippen LogP contribution in [-0.2, 0) is 0 Å². The second-order valence-electron chi connectivity index (χ2n) is 4.22. The first kappa shape index (κ1) is 11.8. The number of aliphatic hydroxyl groups is 1. The fourth-order valence-electron chi connectivity index (χ4n) is 2.01. The van der Waals surface area contributed by atoms with Gasteiger partial charge in [-0.25, -0.2) is 0 Å². The maximum Gasteiger partial charge on any atom is 0.322 e. The van der Waals surface area contributed by atoms with Gasteiger partial charge in [0, 0.05) is 6.54 Å². The third-order valence-electron chi connectivity index (χ3n) is 2.88. The highest BCUT2D eigenvalue weighted by molar-refractivity contribution is 5.32. The van der Waals surface area contributed by atoms with E-state index < -0.39 is 0 Å². The Labute approximate surface area is 99.4 Å². The molecule has 0 saturated heterocycles. The zero-order valence-corrected chi connectivity index (χ0v) is 9.76. The molecule has 1 aromatic rings. The number of rotatable bonds is 4. The Morgan fingerprint density at radius 1 is 1.41 bits per heavy atom. The number of methoxy groups -OCH3 is 1. The van der Waals surface area contributed by atoms with Gasteiger partial charge in [-0.2, -0.15) is 15.0 Å². The van der Waals surface area contributed by atoms with Gasteiger partial charge in [0.15, 0.2) is 0 Å². The molecule has 2 atom stereocenters. The predicted molar refractivity (Wildman–Crippen MR) is 62.6 cm³/mol. The molecule has 2 unspecified atom stereocenters. The fourth-order valence-corrected chi connectivity index (χ4v) is 2.01. The molecule has 94 valence electrons. The maximum atomic E-state index is 9.41. The molecule has 7 heteroatoms. The molecule has 1 saturated carbocycles. The van der Waals surface area contributed by atoms with Gasteiger partial charge in [-0.3, -0.25) is 0 Å². The fraction of sp³-hybridized carbons (Fsp3) is 0.700. The molecule has 0 aromatic carbocycles. The molecule has 0 radical (unpaired) electrons. The van der Waals surface area contributed by atoms with Crippen LogP contribution in [0, 0.1) is 5.92 Å². The summed E-state index contributed by atoms with van der Waals surface area (Å²) in [5.74, 6) is 0.996. The van der Waals surface area contributed by atoms with Crippen LogP contribution < -0.4 is 15.8 Å². The molecule has 0 aliphatic heterocycles. The van der Waals surface area contributed by atoms with Crippen molar-refractivity contribution in [3.05, 3.63) is 0 Å². The smallest absolute Gasteiger partial charge is 0.322 e. The Balaban J connectivity index is 1.92. The van der Waals surface area contributed by atoms with Gasteiger partial charge in [-0.15, -0.1) is 0 Å². The highest BCUT2D eigenvalue weighted by Crippen LogP contribution is 2.25. The van der Waals surface area contributed by atoms with E-state index in [0.29, 0.717) is 11.9 Å². The summed E-state index contributed by atoms with van der Waals surface area (Å²) in [5, 5.41) is 12.5. The van der Waals surface area contributed by atoms with Crippen LogP contribution in [0.3, 0.4) is 0 Å². The number of anilines is 2. The van der Waals surface area contributed by atoms with Crippen molar-refractivity contribution in [3.63, 3.8) is 0 Å². The van der Waals surface area contributed by atoms with E-state index in [1.54, 1.807) is 0 Å². The van der Waals surface area contributed by atoms with Crippen LogP contribution in [0.5, 0.6) is 6.01 Å². The number of nitrogens with two attached hydrogens (primary N) is 1. The van der Waals surface area contributed by atoms with Crippen molar-refractivity contribution in [1.29, 1.82) is 0 Å². The first-order valence-electron chi connectivity index (χ1n) is 5.65. The minimum absolute atomic E-state index is 0.130. The topological polar surface area (TPSA) is 106 Å². The molecular formula is C10H17N5O2. The monoisotopic (exact) mass is 239 g/mol. The Hall–Kier alpha value is -1.63. The molecule has 2 rings (SSSR count). The first-order valence-corrected chi connectivity index (χ1v) is 5.65. The van der Waals surface area contributed by atoms with Crippen molar-refractivity contribution in [2.24, 2.45) is 5.92 Å². The number of nitrogen functional groups attached to an aromatic ring is 1. The van der Waals surface area contributed by atoms with Crippen LogP contribution in [0.4, 0.5) is 11.9 Å². The lowest BCUT2D eigenvalue weighted by atomic mass is 10.1. The molecule has 17 heavy (non-hydrogen) atoms. The summed E-state index contributed by atoms with van der Waals surface area (Å²) in [6.07, 6.45) is 2.55. The van der Waals surface area contributed by atoms with Gasteiger partial charge >= 0.3 is 6.01 Å². The molecule has 0 bridgehead atoms. The molecule has 4 N–H and O–H groups in total. The largest absolute Gasteiger partial charge is 0.467 e. The summed E-state index contributed by atoms with van der Waals surface area (Å²) in [7, 11) is 1.48. The van der Waals surface area contributed by atoms with E-state index in [1.807, 2.05) is 0 Å². The number of aromatic nitrogens is 3. The van der Waals surface area contributed by atoms with Crippen LogP contribution in [-0.4, -0.2) is 39.8 Å². The third kappa shape index (κ3) is 3.16. The minimum atomic E-state index is -0.167. The van der Waals surface area contributed by atoms with E-state index in [0.717, 1.165) is 25.8 Å². The summed E-state index contributed by atoms with van der Waals surface area (Å²) in [6.45, 7) is 0.726. The summed E-state index contributed by atoms with van der Waals surface area (Å²) in [5.41, 5.74) is 5.52. The molecule has 1 aliphatic carbocycles. The number of nitrogens with zero attached hydrogens (tertiary/aromatic N) is 3. The summed E-state index contributed by atoms with van der Waals surface area (Å²) in [4.78, 5) is 11.8. The van der Waals surface area contributed by atoms with Gasteiger partial charge in [-0.05, 0) is 25.2 Å². The quantitative estimate of drug-likeness (QED) is 0.680. The highest BCUT2D eigenvalue weighted by atomic mass is 16.5. The number of aliphatic hydroxyl groups excluding tert-OH is 1. The predicted octanol–water partition coefficient (Wildman–Crippen LogP) is 0.0353. The lowest BCUT2D eigenvalue weighted by Crippen LogP contribution is -2.15. The standard InChI is InChI=1S/C10H17N5O2/c1-17-10-14-8(11)13-9(15-10)12-5-6-2-3-7(16)4-6/h6-7,16H,2-5H2,1H3,(H3,11,12,13,14,15). The molecule has 0 amide bonds. The average molecular weight is 239 g/mol. The Morgan fingerprint density at radius 2 is 2.24 bits per heavy atom. The van der Waals surface area contributed by atoms with Crippen LogP contribution >= 0.6 is 0 Å². The van der Waals surface area contributed by atoms with Gasteiger partial charge in [0.25, 0.3) is 0 Å². The average Bonchev–Trinajstić information content (AvgIpc) is 2.72. The summed E-state index contributed by atoms with van der Waals surface area (Å²) in [6, 6.07) is 0.200. The van der Waals surface area contributed by atoms with Crippen LogP contribution in [0.1, 0.15) is 19.3 Å². The van der Waals surface area contributed by atoms with Gasteiger partial charge in [0.1, 0.15) is 0 Å². The van der Waals surface area contributed by atoms with Crippen molar-refractivity contribution in [2.75, 3.05) is 24.7 Å². The van der Waals surface area contributed by atoms with Crippen LogP contribution in [0.15, 0.2) is 0 Å². The second kappa shape index (κ2) is 5.13. The first-order chi connectivity index (χ1) is 8.17. The van der Waals surface area contributed by atoms with E-state index in [2.05, 4.69) is 20.3 Å². The van der Waals surface area contributed by atoms with E-state index in [9.17, 15) is 5.11 Å². The zero-order valence-electron chi connectivity index (χ0n) is 9.76. The van der Waals surface area contributed by atoms with Crippen molar-refractivity contribution in [3.8, 4) is 6.01 Å². The second-order valence-corrected chi connectivity index (χ2v) is 4.22. The lowest BCUT2D eigenvalue weighted by Gasteiger charge is -2.11. The normalized spacial score (nSPS) is 23.6. The van der Waals surface area contributed by atoms with Gasteiger partial charge in [0.2, 0.25) is 11.9 Å². The Morgan fingerprint density at radius 3 is 2.88 bits per heavy atom. The molecule has 7 nitrogen and oxygen atoms in total. The number of hydrogen-bond acceptors (Lipinski definition) is 7. The minimum Gasteiger partial charge on any atom is -0.467 e. The lowest BCUT2D eigenvalue weighted by molar-refractivity contribution is 0.178. The number of ether oxygens (including phenoxy) is 1. The highest BCUT2D eigenvalue weighted by Gasteiger charge is 2.22. The zero-order chi connectivity index (χ0) is 12.3. The molecule has 0 spiro atoms. The third-order valence-corrected chi connectivity index (χ3v) is 2.88. The van der Waals surface area contributed by atoms with E-state index in [4.69, 9.17) is 10.5 Å². The van der Waals surface area contributed by atoms with Crippen LogP contribution in [0.25, 0.3) is 0 Å². The van der Waals surface area contributed by atoms with Crippen molar-refractivity contribution in [2.45, 2.75) is 25.4 Å². The van der Waals surface area contributed by atoms with Gasteiger partial charge in [0.05, 0.1) is 13.2 Å². The summed E-state index contributed by atoms with van der Waals surface area (Å²) < 4.78 is 4.90. The maximum absolute atomic E-state index is 9.41. The Kier molecular flexibility index (Phi) is 3.58. The van der Waals surface area contributed by atoms with Gasteiger partial charge < -0.3 is 20.9 Å². The van der Waals surface area contributed by atoms with Crippen molar-refractivity contribution in [1.82, 2.24) is 15.0 Å². The van der Waals surface area contributed by atoms with Crippen molar-refractivity contribution >= 4 is 11.9 Å². The van der Waals surface area contributed by atoms with E-state index in [1.165, 1.54) is 7.11 Å². The molecule has 1 aromatic heterocycles. The molecule has 1 aliphatic rings. The Bertz CT molecular complexity index is 387. The van der Waals surface area contributed by atoms with E-state index >= 15 is 0 Å². The molecule has 1 fully saturated rings. The van der Waals surface area contributed by atoms with Crippen molar-refractivity contribution < 1.29 is 9.84 Å².